The van der Waals surface area contributed by atoms with Gasteiger partial charge in [0.05, 0.1) is 25.3 Å². The van der Waals surface area contributed by atoms with Crippen molar-refractivity contribution in [1.82, 2.24) is 4.98 Å². The number of aryl methyl sites for hydroxylation is 1. The number of pyridine rings is 1. The van der Waals surface area contributed by atoms with Crippen LogP contribution in [0.4, 0.5) is 5.69 Å². The third kappa shape index (κ3) is 2.95. The lowest BCUT2D eigenvalue weighted by Gasteiger charge is -2.37. The Morgan fingerprint density at radius 1 is 0.967 bits per heavy atom. The molecule has 0 bridgehead atoms. The summed E-state index contributed by atoms with van der Waals surface area (Å²) in [5, 5.41) is 0.806. The lowest BCUT2D eigenvalue weighted by molar-refractivity contribution is 0.112. The van der Waals surface area contributed by atoms with E-state index in [0.29, 0.717) is 28.6 Å². The van der Waals surface area contributed by atoms with Gasteiger partial charge in [-0.25, -0.2) is 0 Å². The molecule has 0 amide bonds. The Bertz CT molecular complexity index is 1140. The average Bonchev–Trinajstić information content (AvgIpc) is 2.79. The van der Waals surface area contributed by atoms with Crippen molar-refractivity contribution in [3.63, 3.8) is 0 Å². The van der Waals surface area contributed by atoms with E-state index in [0.717, 1.165) is 61.5 Å². The van der Waals surface area contributed by atoms with E-state index in [4.69, 9.17) is 14.2 Å². The van der Waals surface area contributed by atoms with Crippen molar-refractivity contribution >= 4 is 22.9 Å². The van der Waals surface area contributed by atoms with E-state index in [9.17, 15) is 4.79 Å². The summed E-state index contributed by atoms with van der Waals surface area (Å²) < 4.78 is 17.2. The van der Waals surface area contributed by atoms with E-state index in [1.165, 1.54) is 11.3 Å². The van der Waals surface area contributed by atoms with Crippen LogP contribution in [0, 0.1) is 0 Å². The number of aromatic nitrogens is 1. The smallest absolute Gasteiger partial charge is 0.162 e. The second-order valence-corrected chi connectivity index (χ2v) is 7.72. The molecule has 154 valence electrons. The van der Waals surface area contributed by atoms with Gasteiger partial charge in [0.2, 0.25) is 0 Å². The summed E-state index contributed by atoms with van der Waals surface area (Å²) in [6, 6.07) is 7.56. The summed E-state index contributed by atoms with van der Waals surface area (Å²) in [5.74, 6) is 2.47. The molecule has 30 heavy (non-hydrogen) atoms. The second-order valence-electron chi connectivity index (χ2n) is 7.72. The first kappa shape index (κ1) is 18.7. The molecule has 0 fully saturated rings. The van der Waals surface area contributed by atoms with Crippen molar-refractivity contribution in [2.24, 2.45) is 0 Å². The molecule has 0 radical (unpaired) electrons. The molecular weight excluding hydrogens is 380 g/mol. The van der Waals surface area contributed by atoms with Gasteiger partial charge in [-0.3, -0.25) is 9.78 Å². The molecule has 0 spiro atoms. The highest BCUT2D eigenvalue weighted by molar-refractivity contribution is 5.90. The highest BCUT2D eigenvalue weighted by atomic mass is 16.5. The van der Waals surface area contributed by atoms with Crippen molar-refractivity contribution in [3.05, 3.63) is 47.2 Å². The van der Waals surface area contributed by atoms with E-state index in [2.05, 4.69) is 9.88 Å². The van der Waals surface area contributed by atoms with Crippen LogP contribution < -0.4 is 19.1 Å². The first-order valence-corrected chi connectivity index (χ1v) is 10.3. The summed E-state index contributed by atoms with van der Waals surface area (Å²) in [7, 11) is 3.20. The van der Waals surface area contributed by atoms with Crippen LogP contribution in [0.25, 0.3) is 10.9 Å². The molecule has 6 heteroatoms. The highest BCUT2D eigenvalue weighted by Gasteiger charge is 2.28. The van der Waals surface area contributed by atoms with Gasteiger partial charge in [0, 0.05) is 36.4 Å². The number of hydrogen-bond donors (Lipinski definition) is 0. The minimum atomic E-state index is 0.606. The number of aldehydes is 1. The number of methoxy groups -OCH3 is 2. The first-order chi connectivity index (χ1) is 14.7. The molecule has 5 rings (SSSR count). The SMILES string of the molecule is COc1cc2nccc(Oc3cc4c5c(c3C=O)CCCN5CCC4)c2cc1OC. The number of fused-ring (bicyclic) bond motifs is 1. The molecular formula is C24H24N2O4. The third-order valence-corrected chi connectivity index (χ3v) is 6.08. The third-order valence-electron chi connectivity index (χ3n) is 6.08. The summed E-state index contributed by atoms with van der Waals surface area (Å²) in [6.07, 6.45) is 6.75. The molecule has 3 heterocycles. The number of anilines is 1. The van der Waals surface area contributed by atoms with E-state index >= 15 is 0 Å². The molecule has 1 aromatic heterocycles. The molecule has 0 aliphatic carbocycles. The van der Waals surface area contributed by atoms with E-state index in [-0.39, 0.29) is 0 Å². The molecule has 0 saturated carbocycles. The second kappa shape index (κ2) is 7.52. The fourth-order valence-corrected chi connectivity index (χ4v) is 4.72. The van der Waals surface area contributed by atoms with Crippen LogP contribution in [0.15, 0.2) is 30.5 Å². The Morgan fingerprint density at radius 2 is 1.73 bits per heavy atom. The number of ether oxygens (including phenoxy) is 3. The van der Waals surface area contributed by atoms with Crippen LogP contribution in [-0.2, 0) is 12.8 Å². The zero-order chi connectivity index (χ0) is 20.7. The minimum Gasteiger partial charge on any atom is -0.493 e. The van der Waals surface area contributed by atoms with Gasteiger partial charge in [0.15, 0.2) is 17.8 Å². The van der Waals surface area contributed by atoms with Crippen molar-refractivity contribution in [3.8, 4) is 23.0 Å². The highest BCUT2D eigenvalue weighted by Crippen LogP contribution is 2.43. The molecule has 0 N–H and O–H groups in total. The maximum atomic E-state index is 12.1. The normalized spacial score (nSPS) is 14.9. The van der Waals surface area contributed by atoms with Gasteiger partial charge >= 0.3 is 0 Å². The summed E-state index contributed by atoms with van der Waals surface area (Å²) in [5.41, 5.74) is 5.05. The molecule has 0 saturated heterocycles. The summed E-state index contributed by atoms with van der Waals surface area (Å²) in [4.78, 5) is 19.0. The lowest BCUT2D eigenvalue weighted by Crippen LogP contribution is -2.35. The molecule has 2 aliphatic heterocycles. The number of nitrogens with zero attached hydrogens (tertiary/aromatic N) is 2. The van der Waals surface area contributed by atoms with Crippen LogP contribution >= 0.6 is 0 Å². The zero-order valence-electron chi connectivity index (χ0n) is 17.2. The van der Waals surface area contributed by atoms with Crippen LogP contribution in [-0.4, -0.2) is 38.6 Å². The summed E-state index contributed by atoms with van der Waals surface area (Å²) in [6.45, 7) is 2.13. The van der Waals surface area contributed by atoms with Gasteiger partial charge in [-0.1, -0.05) is 0 Å². The Kier molecular flexibility index (Phi) is 4.69. The molecule has 2 aromatic carbocycles. The fraction of sp³-hybridized carbons (Fsp3) is 0.333. The van der Waals surface area contributed by atoms with E-state index < -0.39 is 0 Å². The standard InChI is InChI=1S/C24H24N2O4/c1-28-22-12-17-19(13-23(22)29-2)25-8-7-20(17)30-21-11-15-5-3-9-26-10-4-6-16(24(15)26)18(21)14-27/h7-8,11-14H,3-6,9-10H2,1-2H3. The fourth-order valence-electron chi connectivity index (χ4n) is 4.72. The van der Waals surface area contributed by atoms with Crippen molar-refractivity contribution < 1.29 is 19.0 Å². The Morgan fingerprint density at radius 3 is 2.50 bits per heavy atom. The van der Waals surface area contributed by atoms with Crippen LogP contribution in [0.2, 0.25) is 0 Å². The molecule has 6 nitrogen and oxygen atoms in total. The van der Waals surface area contributed by atoms with Crippen LogP contribution in [0.3, 0.4) is 0 Å². The van der Waals surface area contributed by atoms with Gasteiger partial charge in [0.1, 0.15) is 11.5 Å². The van der Waals surface area contributed by atoms with Gasteiger partial charge in [-0.05, 0) is 55.0 Å². The number of carbonyl (C=O) groups is 1. The Hall–Kier alpha value is -3.28. The number of carbonyl (C=O) groups excluding carboxylic acids is 1. The van der Waals surface area contributed by atoms with E-state index in [1.807, 2.05) is 24.3 Å². The molecule has 0 atom stereocenters. The molecule has 0 unspecified atom stereocenters. The zero-order valence-corrected chi connectivity index (χ0v) is 17.2. The summed E-state index contributed by atoms with van der Waals surface area (Å²) >= 11 is 0. The average molecular weight is 404 g/mol. The van der Waals surface area contributed by atoms with Crippen LogP contribution in [0.1, 0.15) is 34.3 Å². The van der Waals surface area contributed by atoms with Crippen molar-refractivity contribution in [2.75, 3.05) is 32.2 Å². The van der Waals surface area contributed by atoms with Crippen molar-refractivity contribution in [1.29, 1.82) is 0 Å². The predicted octanol–water partition coefficient (Wildman–Crippen LogP) is 4.56. The Labute approximate surface area is 175 Å². The number of rotatable bonds is 5. The van der Waals surface area contributed by atoms with Crippen LogP contribution in [0.5, 0.6) is 23.0 Å². The van der Waals surface area contributed by atoms with Gasteiger partial charge in [0.25, 0.3) is 0 Å². The Balaban J connectivity index is 1.64. The largest absolute Gasteiger partial charge is 0.493 e. The predicted molar refractivity (Wildman–Crippen MR) is 116 cm³/mol. The van der Waals surface area contributed by atoms with Gasteiger partial charge in [-0.15, -0.1) is 0 Å². The molecule has 2 aliphatic rings. The maximum absolute atomic E-state index is 12.1. The molecule has 3 aromatic rings. The topological polar surface area (TPSA) is 60.9 Å². The first-order valence-electron chi connectivity index (χ1n) is 10.3. The lowest BCUT2D eigenvalue weighted by atomic mass is 9.88. The monoisotopic (exact) mass is 404 g/mol. The number of benzene rings is 2. The van der Waals surface area contributed by atoms with Gasteiger partial charge in [-0.2, -0.15) is 0 Å². The van der Waals surface area contributed by atoms with Gasteiger partial charge < -0.3 is 19.1 Å². The van der Waals surface area contributed by atoms with Crippen molar-refractivity contribution in [2.45, 2.75) is 25.7 Å². The quantitative estimate of drug-likeness (QED) is 0.581. The number of hydrogen-bond acceptors (Lipinski definition) is 6. The maximum Gasteiger partial charge on any atom is 0.162 e. The van der Waals surface area contributed by atoms with E-state index in [1.54, 1.807) is 20.4 Å². The minimum absolute atomic E-state index is 0.606.